The normalized spacial score (nSPS) is 10.7. The number of esters is 1. The number of halogens is 2. The first-order valence-corrected chi connectivity index (χ1v) is 12.2. The topological polar surface area (TPSA) is 140 Å². The molecule has 0 fully saturated rings. The maximum atomic E-state index is 12.6. The highest BCUT2D eigenvalue weighted by atomic mass is 35.5. The molecule has 2 amide bonds. The number of rotatable bonds is 8. The van der Waals surface area contributed by atoms with E-state index in [0.29, 0.717) is 16.3 Å². The van der Waals surface area contributed by atoms with Crippen LogP contribution in [0.1, 0.15) is 36.6 Å². The van der Waals surface area contributed by atoms with Crippen molar-refractivity contribution >= 4 is 58.6 Å². The molecule has 10 nitrogen and oxygen atoms in total. The summed E-state index contributed by atoms with van der Waals surface area (Å²) >= 11 is 12.0. The summed E-state index contributed by atoms with van der Waals surface area (Å²) in [7, 11) is 0. The third-order valence-corrected chi connectivity index (χ3v) is 5.91. The van der Waals surface area contributed by atoms with Crippen LogP contribution in [-0.2, 0) is 0 Å². The monoisotopic (exact) mass is 576 g/mol. The average molecular weight is 577 g/mol. The second-order valence-electron chi connectivity index (χ2n) is 8.09. The van der Waals surface area contributed by atoms with Crippen molar-refractivity contribution in [2.75, 3.05) is 5.32 Å². The third kappa shape index (κ3) is 7.07. The van der Waals surface area contributed by atoms with Gasteiger partial charge in [-0.05, 0) is 60.7 Å². The van der Waals surface area contributed by atoms with Crippen molar-refractivity contribution in [1.29, 1.82) is 0 Å². The summed E-state index contributed by atoms with van der Waals surface area (Å²) in [6.45, 7) is 0. The van der Waals surface area contributed by atoms with Gasteiger partial charge in [0.15, 0.2) is 0 Å². The number of non-ortho nitro benzene ring substituents is 1. The minimum atomic E-state index is -0.695. The molecule has 0 bridgehead atoms. The Balaban J connectivity index is 1.40. The standard InChI is InChI=1S/C28H18Cl2N4O6/c29-20-10-13-23(24(30)15-20)28(37)40-25-7-2-1-4-19(25)16-31-33-27(36)18-5-3-6-21(14-18)32-26(35)17-8-11-22(12-9-17)34(38)39/h1-16H,(H,32,35)(H,33,36). The Labute approximate surface area is 237 Å². The molecule has 4 rings (SSSR count). The molecule has 0 atom stereocenters. The second-order valence-corrected chi connectivity index (χ2v) is 8.93. The van der Waals surface area contributed by atoms with Gasteiger partial charge in [-0.25, -0.2) is 10.2 Å². The number of hydrogen-bond donors (Lipinski definition) is 2. The van der Waals surface area contributed by atoms with Crippen LogP contribution in [0.3, 0.4) is 0 Å². The molecule has 0 unspecified atom stereocenters. The summed E-state index contributed by atoms with van der Waals surface area (Å²) in [4.78, 5) is 47.9. The maximum absolute atomic E-state index is 12.6. The number of carbonyl (C=O) groups excluding carboxylic acids is 3. The molecular weight excluding hydrogens is 559 g/mol. The van der Waals surface area contributed by atoms with Gasteiger partial charge >= 0.3 is 5.97 Å². The van der Waals surface area contributed by atoms with Gasteiger partial charge in [-0.15, -0.1) is 0 Å². The fourth-order valence-corrected chi connectivity index (χ4v) is 3.88. The minimum Gasteiger partial charge on any atom is -0.422 e. The van der Waals surface area contributed by atoms with E-state index in [0.717, 1.165) is 0 Å². The van der Waals surface area contributed by atoms with Crippen molar-refractivity contribution < 1.29 is 24.0 Å². The highest BCUT2D eigenvalue weighted by Crippen LogP contribution is 2.24. The summed E-state index contributed by atoms with van der Waals surface area (Å²) in [5.74, 6) is -1.58. The molecule has 0 spiro atoms. The zero-order valence-electron chi connectivity index (χ0n) is 20.3. The number of hydrazone groups is 1. The Morgan fingerprint density at radius 2 is 1.60 bits per heavy atom. The number of nitrogens with one attached hydrogen (secondary N) is 2. The van der Waals surface area contributed by atoms with Gasteiger partial charge < -0.3 is 10.1 Å². The number of anilines is 1. The van der Waals surface area contributed by atoms with Crippen molar-refractivity contribution in [3.63, 3.8) is 0 Å². The second kappa shape index (κ2) is 12.7. The number of benzene rings is 4. The van der Waals surface area contributed by atoms with E-state index in [1.807, 2.05) is 0 Å². The largest absolute Gasteiger partial charge is 0.422 e. The fraction of sp³-hybridized carbons (Fsp3) is 0. The van der Waals surface area contributed by atoms with E-state index in [-0.39, 0.29) is 33.1 Å². The Hall–Kier alpha value is -5.06. The van der Waals surface area contributed by atoms with Gasteiger partial charge in [0.1, 0.15) is 5.75 Å². The Morgan fingerprint density at radius 3 is 2.33 bits per heavy atom. The van der Waals surface area contributed by atoms with Crippen LogP contribution >= 0.6 is 23.2 Å². The number of nitro groups is 1. The highest BCUT2D eigenvalue weighted by molar-refractivity contribution is 6.36. The third-order valence-electron chi connectivity index (χ3n) is 5.37. The predicted molar refractivity (Wildman–Crippen MR) is 150 cm³/mol. The van der Waals surface area contributed by atoms with E-state index < -0.39 is 22.7 Å². The Bertz CT molecular complexity index is 1640. The van der Waals surface area contributed by atoms with Crippen LogP contribution in [-0.4, -0.2) is 28.9 Å². The average Bonchev–Trinajstić information content (AvgIpc) is 2.94. The van der Waals surface area contributed by atoms with Crippen molar-refractivity contribution in [1.82, 2.24) is 5.43 Å². The number of para-hydroxylation sites is 1. The first kappa shape index (κ1) is 28.0. The molecule has 0 aliphatic carbocycles. The van der Waals surface area contributed by atoms with E-state index in [1.165, 1.54) is 60.8 Å². The van der Waals surface area contributed by atoms with Gasteiger partial charge in [0.25, 0.3) is 17.5 Å². The quantitative estimate of drug-likeness (QED) is 0.0848. The Morgan fingerprint density at radius 1 is 0.850 bits per heavy atom. The molecule has 0 saturated heterocycles. The van der Waals surface area contributed by atoms with Crippen LogP contribution < -0.4 is 15.5 Å². The van der Waals surface area contributed by atoms with Gasteiger partial charge in [-0.2, -0.15) is 5.10 Å². The van der Waals surface area contributed by atoms with Gasteiger partial charge in [0.05, 0.1) is 21.7 Å². The number of hydrogen-bond acceptors (Lipinski definition) is 7. The lowest BCUT2D eigenvalue weighted by Crippen LogP contribution is -2.18. The first-order chi connectivity index (χ1) is 19.2. The summed E-state index contributed by atoms with van der Waals surface area (Å²) in [6.07, 6.45) is 1.31. The number of nitro benzene ring substituents is 1. The lowest BCUT2D eigenvalue weighted by atomic mass is 10.1. The molecule has 0 saturated carbocycles. The zero-order valence-corrected chi connectivity index (χ0v) is 21.8. The van der Waals surface area contributed by atoms with Crippen LogP contribution in [0, 0.1) is 10.1 Å². The number of nitrogens with zero attached hydrogens (tertiary/aromatic N) is 2. The van der Waals surface area contributed by atoms with Gasteiger partial charge in [0, 0.05) is 39.5 Å². The molecule has 0 aromatic heterocycles. The zero-order chi connectivity index (χ0) is 28.6. The van der Waals surface area contributed by atoms with Crippen LogP contribution in [0.25, 0.3) is 0 Å². The van der Waals surface area contributed by atoms with E-state index in [2.05, 4.69) is 15.8 Å². The predicted octanol–water partition coefficient (Wildman–Crippen LogP) is 6.14. The van der Waals surface area contributed by atoms with Crippen LogP contribution in [0.4, 0.5) is 11.4 Å². The van der Waals surface area contributed by atoms with Crippen molar-refractivity contribution in [3.8, 4) is 5.75 Å². The van der Waals surface area contributed by atoms with Crippen molar-refractivity contribution in [2.45, 2.75) is 0 Å². The molecule has 200 valence electrons. The van der Waals surface area contributed by atoms with E-state index in [4.69, 9.17) is 27.9 Å². The van der Waals surface area contributed by atoms with Crippen LogP contribution in [0.15, 0.2) is 96.1 Å². The van der Waals surface area contributed by atoms with Crippen molar-refractivity contribution in [3.05, 3.63) is 133 Å². The smallest absolute Gasteiger partial charge is 0.345 e. The molecule has 0 heterocycles. The molecule has 4 aromatic carbocycles. The van der Waals surface area contributed by atoms with Crippen LogP contribution in [0.2, 0.25) is 10.0 Å². The fourth-order valence-electron chi connectivity index (χ4n) is 3.39. The van der Waals surface area contributed by atoms with Gasteiger partial charge in [-0.1, -0.05) is 41.4 Å². The molecule has 0 aliphatic rings. The molecule has 2 N–H and O–H groups in total. The summed E-state index contributed by atoms with van der Waals surface area (Å²) in [5.41, 5.74) is 3.53. The molecule has 40 heavy (non-hydrogen) atoms. The molecule has 0 aliphatic heterocycles. The number of amides is 2. The minimum absolute atomic E-state index is 0.131. The number of ether oxygens (including phenoxy) is 1. The van der Waals surface area contributed by atoms with E-state index >= 15 is 0 Å². The summed E-state index contributed by atoms with van der Waals surface area (Å²) in [5, 5.41) is 17.9. The highest BCUT2D eigenvalue weighted by Gasteiger charge is 2.15. The van der Waals surface area contributed by atoms with E-state index in [9.17, 15) is 24.5 Å². The summed E-state index contributed by atoms with van der Waals surface area (Å²) < 4.78 is 5.46. The lowest BCUT2D eigenvalue weighted by molar-refractivity contribution is -0.384. The maximum Gasteiger partial charge on any atom is 0.345 e. The van der Waals surface area contributed by atoms with Gasteiger partial charge in [-0.3, -0.25) is 19.7 Å². The molecule has 12 heteroatoms. The lowest BCUT2D eigenvalue weighted by Gasteiger charge is -2.09. The van der Waals surface area contributed by atoms with Crippen LogP contribution in [0.5, 0.6) is 5.75 Å². The SMILES string of the molecule is O=C(NN=Cc1ccccc1OC(=O)c1ccc(Cl)cc1Cl)c1cccc(NC(=O)c2ccc([N+](=O)[O-])cc2)c1. The summed E-state index contributed by atoms with van der Waals surface area (Å²) in [6, 6.07) is 22.2. The number of carbonyl (C=O) groups is 3. The van der Waals surface area contributed by atoms with Gasteiger partial charge in [0.2, 0.25) is 0 Å². The molecule has 0 radical (unpaired) electrons. The molecular formula is C28H18Cl2N4O6. The Kier molecular flexibility index (Phi) is 8.85. The first-order valence-electron chi connectivity index (χ1n) is 11.5. The van der Waals surface area contributed by atoms with E-state index in [1.54, 1.807) is 36.4 Å². The molecule has 4 aromatic rings. The van der Waals surface area contributed by atoms with Crippen molar-refractivity contribution in [2.24, 2.45) is 5.10 Å².